The lowest BCUT2D eigenvalue weighted by Gasteiger charge is -2.06. The van der Waals surface area contributed by atoms with Gasteiger partial charge in [-0.2, -0.15) is 0 Å². The lowest BCUT2D eigenvalue weighted by Crippen LogP contribution is -2.03. The molecule has 0 atom stereocenters. The molecule has 0 amide bonds. The van der Waals surface area contributed by atoms with Gasteiger partial charge in [-0.15, -0.1) is 21.5 Å². The van der Waals surface area contributed by atoms with Crippen LogP contribution in [0.5, 0.6) is 0 Å². The highest BCUT2D eigenvalue weighted by atomic mass is 32.2. The van der Waals surface area contributed by atoms with Crippen LogP contribution in [0.2, 0.25) is 0 Å². The van der Waals surface area contributed by atoms with Crippen molar-refractivity contribution < 1.29 is 4.79 Å². The lowest BCUT2D eigenvalue weighted by atomic mass is 10.1. The predicted molar refractivity (Wildman–Crippen MR) is 121 cm³/mol. The van der Waals surface area contributed by atoms with Crippen LogP contribution in [-0.2, 0) is 6.42 Å². The van der Waals surface area contributed by atoms with Crippen LogP contribution in [0.1, 0.15) is 33.4 Å². The van der Waals surface area contributed by atoms with Gasteiger partial charge in [0.15, 0.2) is 5.78 Å². The zero-order valence-corrected chi connectivity index (χ0v) is 18.2. The van der Waals surface area contributed by atoms with E-state index in [4.69, 9.17) is 0 Å². The summed E-state index contributed by atoms with van der Waals surface area (Å²) in [6.45, 7) is 6.15. The van der Waals surface area contributed by atoms with Gasteiger partial charge in [0.25, 0.3) is 0 Å². The summed E-state index contributed by atoms with van der Waals surface area (Å²) in [4.78, 5) is 17.3. The Kier molecular flexibility index (Phi) is 5.74. The van der Waals surface area contributed by atoms with Gasteiger partial charge in [0.05, 0.1) is 15.5 Å². The number of nitrogens with zero attached hydrogens (tertiary/aromatic N) is 3. The van der Waals surface area contributed by atoms with Crippen molar-refractivity contribution in [2.45, 2.75) is 32.2 Å². The molecule has 0 saturated carbocycles. The number of thioether (sulfide) groups is 1. The summed E-state index contributed by atoms with van der Waals surface area (Å²) in [5.41, 5.74) is 5.86. The lowest BCUT2D eigenvalue weighted by molar-refractivity contribution is 0.102. The molecule has 0 aliphatic heterocycles. The summed E-state index contributed by atoms with van der Waals surface area (Å²) in [6, 6.07) is 16.1. The summed E-state index contributed by atoms with van der Waals surface area (Å²) in [5.74, 6) is 0.401. The highest BCUT2D eigenvalue weighted by molar-refractivity contribution is 8.00. The maximum atomic E-state index is 12.6. The Labute approximate surface area is 178 Å². The summed E-state index contributed by atoms with van der Waals surface area (Å²) in [6.07, 6.45) is 0.966. The van der Waals surface area contributed by atoms with Crippen LogP contribution in [0.3, 0.4) is 0 Å². The molecule has 2 aromatic heterocycles. The van der Waals surface area contributed by atoms with Crippen molar-refractivity contribution in [2.75, 3.05) is 5.75 Å². The summed E-state index contributed by atoms with van der Waals surface area (Å²) in [7, 11) is 0. The number of fused-ring (bicyclic) bond motifs is 1. The fraction of sp³-hybridized carbons (Fsp3) is 0.217. The van der Waals surface area contributed by atoms with Crippen molar-refractivity contribution >= 4 is 39.1 Å². The van der Waals surface area contributed by atoms with Crippen LogP contribution in [-0.4, -0.2) is 26.7 Å². The molecule has 29 heavy (non-hydrogen) atoms. The van der Waals surface area contributed by atoms with Gasteiger partial charge in [0, 0.05) is 11.1 Å². The zero-order chi connectivity index (χ0) is 20.4. The Morgan fingerprint density at radius 3 is 2.41 bits per heavy atom. The Morgan fingerprint density at radius 2 is 1.72 bits per heavy atom. The summed E-state index contributed by atoms with van der Waals surface area (Å²) < 4.78 is 1.02. The van der Waals surface area contributed by atoms with Gasteiger partial charge in [-0.05, 0) is 25.8 Å². The van der Waals surface area contributed by atoms with E-state index in [1.807, 2.05) is 31.2 Å². The van der Waals surface area contributed by atoms with Crippen molar-refractivity contribution in [1.82, 2.24) is 15.2 Å². The number of aromatic nitrogens is 3. The maximum Gasteiger partial charge on any atom is 0.173 e. The molecule has 6 heteroatoms. The summed E-state index contributed by atoms with van der Waals surface area (Å²) in [5, 5.41) is 10.6. The van der Waals surface area contributed by atoms with Crippen LogP contribution < -0.4 is 0 Å². The second-order valence-corrected chi connectivity index (χ2v) is 9.06. The van der Waals surface area contributed by atoms with E-state index in [-0.39, 0.29) is 5.78 Å². The van der Waals surface area contributed by atoms with Crippen molar-refractivity contribution in [3.63, 3.8) is 0 Å². The number of hydrogen-bond donors (Lipinski definition) is 0. The smallest absolute Gasteiger partial charge is 0.173 e. The van der Waals surface area contributed by atoms with E-state index >= 15 is 0 Å². The molecule has 0 fully saturated rings. The second-order valence-electron chi connectivity index (χ2n) is 6.89. The number of carbonyl (C=O) groups excluding carboxylic acids is 1. The molecular formula is C23H21N3OS2. The van der Waals surface area contributed by atoms with Crippen molar-refractivity contribution in [1.29, 1.82) is 0 Å². The highest BCUT2D eigenvalue weighted by Gasteiger charge is 2.17. The van der Waals surface area contributed by atoms with E-state index in [1.165, 1.54) is 22.9 Å². The minimum Gasteiger partial charge on any atom is -0.293 e. The second kappa shape index (κ2) is 8.43. The highest BCUT2D eigenvalue weighted by Crippen LogP contribution is 2.35. The van der Waals surface area contributed by atoms with Gasteiger partial charge in [0.2, 0.25) is 0 Å². The van der Waals surface area contributed by atoms with E-state index in [0.29, 0.717) is 10.8 Å². The number of aryl methyl sites for hydroxylation is 3. The molecule has 0 N–H and O–H groups in total. The third-order valence-corrected chi connectivity index (χ3v) is 6.67. The Morgan fingerprint density at radius 1 is 1.00 bits per heavy atom. The third kappa shape index (κ3) is 4.23. The SMILES string of the molecule is CCc1ccc(C(=O)CSc2nnc(-c3ccc(C)cc3)c3sc(C)nc23)cc1. The standard InChI is InChI=1S/C23H21N3OS2/c1-4-16-7-11-17(12-8-16)19(27)13-28-23-21-22(29-15(3)24-21)20(25-26-23)18-9-5-14(2)6-10-18/h5-12H,4,13H2,1-3H3. The normalized spacial score (nSPS) is 11.1. The number of hydrogen-bond acceptors (Lipinski definition) is 6. The molecule has 0 bridgehead atoms. The van der Waals surface area contributed by atoms with Gasteiger partial charge in [-0.1, -0.05) is 72.8 Å². The molecule has 0 aliphatic carbocycles. The first-order chi connectivity index (χ1) is 14.0. The average Bonchev–Trinajstić information content (AvgIpc) is 3.14. The van der Waals surface area contributed by atoms with Crippen molar-refractivity contribution in [2.24, 2.45) is 0 Å². The van der Waals surface area contributed by atoms with E-state index in [9.17, 15) is 4.79 Å². The Hall–Kier alpha value is -2.57. The summed E-state index contributed by atoms with van der Waals surface area (Å²) >= 11 is 3.02. The minimum atomic E-state index is 0.0853. The maximum absolute atomic E-state index is 12.6. The fourth-order valence-corrected chi connectivity index (χ4v) is 4.87. The van der Waals surface area contributed by atoms with E-state index in [0.717, 1.165) is 38.5 Å². The number of ketones is 1. The molecule has 0 aliphatic rings. The van der Waals surface area contributed by atoms with Crippen LogP contribution >= 0.6 is 23.1 Å². The van der Waals surface area contributed by atoms with Gasteiger partial charge >= 0.3 is 0 Å². The van der Waals surface area contributed by atoms with Crippen LogP contribution in [0, 0.1) is 13.8 Å². The number of rotatable bonds is 6. The quantitative estimate of drug-likeness (QED) is 0.287. The zero-order valence-electron chi connectivity index (χ0n) is 16.6. The Bertz CT molecular complexity index is 1170. The van der Waals surface area contributed by atoms with Gasteiger partial charge < -0.3 is 0 Å². The molecule has 0 saturated heterocycles. The molecule has 4 rings (SSSR count). The first kappa shape index (κ1) is 19.7. The van der Waals surface area contributed by atoms with Crippen LogP contribution in [0.25, 0.3) is 21.5 Å². The van der Waals surface area contributed by atoms with Crippen molar-refractivity contribution in [3.8, 4) is 11.3 Å². The molecule has 0 spiro atoms. The number of carbonyl (C=O) groups is 1. The van der Waals surface area contributed by atoms with E-state index < -0.39 is 0 Å². The monoisotopic (exact) mass is 419 g/mol. The molecule has 4 aromatic rings. The molecule has 4 nitrogen and oxygen atoms in total. The molecule has 2 heterocycles. The van der Waals surface area contributed by atoms with E-state index in [2.05, 4.69) is 53.3 Å². The average molecular weight is 420 g/mol. The molecule has 2 aromatic carbocycles. The van der Waals surface area contributed by atoms with Crippen molar-refractivity contribution in [3.05, 3.63) is 70.2 Å². The minimum absolute atomic E-state index is 0.0853. The van der Waals surface area contributed by atoms with Crippen LogP contribution in [0.4, 0.5) is 0 Å². The molecule has 0 unspecified atom stereocenters. The van der Waals surface area contributed by atoms with Gasteiger partial charge in [-0.3, -0.25) is 4.79 Å². The Balaban J connectivity index is 1.60. The molecular weight excluding hydrogens is 398 g/mol. The molecule has 146 valence electrons. The number of benzene rings is 2. The first-order valence-electron chi connectivity index (χ1n) is 9.51. The fourth-order valence-electron chi connectivity index (χ4n) is 3.06. The van der Waals surface area contributed by atoms with E-state index in [1.54, 1.807) is 11.3 Å². The predicted octanol–water partition coefficient (Wildman–Crippen LogP) is 5.91. The van der Waals surface area contributed by atoms with Gasteiger partial charge in [-0.25, -0.2) is 4.98 Å². The number of thiazole rings is 1. The first-order valence-corrected chi connectivity index (χ1v) is 11.3. The van der Waals surface area contributed by atoms with Gasteiger partial charge in [0.1, 0.15) is 16.2 Å². The number of Topliss-reactive ketones (excluding diaryl/α,β-unsaturated/α-hetero) is 1. The third-order valence-electron chi connectivity index (χ3n) is 4.74. The largest absolute Gasteiger partial charge is 0.293 e. The topological polar surface area (TPSA) is 55.7 Å². The molecule has 0 radical (unpaired) electrons. The van der Waals surface area contributed by atoms with Crippen LogP contribution in [0.15, 0.2) is 53.6 Å².